The molecule has 2 aromatic heterocycles. The molecular weight excluding hydrogens is 725 g/mol. The van der Waals surface area contributed by atoms with Gasteiger partial charge in [0.25, 0.3) is 0 Å². The Morgan fingerprint density at radius 2 is 0.875 bits per heavy atom. The van der Waals surface area contributed by atoms with Crippen molar-refractivity contribution >= 4 is 11.6 Å². The Kier molecular flexibility index (Phi) is 9.49. The maximum Gasteiger partial charge on any atom is 0.417 e. The average Bonchev–Trinajstić information content (AvgIpc) is 3.66. The Bertz CT molecular complexity index is 2370. The number of pyridine rings is 2. The third-order valence-corrected chi connectivity index (χ3v) is 9.94. The highest BCUT2D eigenvalue weighted by Crippen LogP contribution is 2.40. The quantitative estimate of drug-likeness (QED) is 0.152. The van der Waals surface area contributed by atoms with E-state index in [2.05, 4.69) is 9.97 Å². The van der Waals surface area contributed by atoms with Gasteiger partial charge >= 0.3 is 12.4 Å². The highest BCUT2D eigenvalue weighted by Gasteiger charge is 2.34. The Labute approximate surface area is 318 Å². The normalized spacial score (nSPS) is 13.3. The number of aromatic nitrogens is 2. The maximum absolute atomic E-state index is 13.6. The summed E-state index contributed by atoms with van der Waals surface area (Å²) in [6, 6.07) is 39.0. The highest BCUT2D eigenvalue weighted by molar-refractivity contribution is 5.97. The van der Waals surface area contributed by atoms with Gasteiger partial charge in [-0.05, 0) is 82.3 Å². The fraction of sp³-hybridized carbons (Fsp3) is 0.109. The number of amides is 1. The van der Waals surface area contributed by atoms with E-state index in [1.807, 2.05) is 66.7 Å². The minimum absolute atomic E-state index is 0.0542. The van der Waals surface area contributed by atoms with Crippen molar-refractivity contribution in [2.24, 2.45) is 0 Å². The molecule has 0 N–H and O–H groups in total. The van der Waals surface area contributed by atoms with E-state index in [1.54, 1.807) is 41.3 Å². The number of nitrogens with zero attached hydrogens (tertiary/aromatic N) is 3. The summed E-state index contributed by atoms with van der Waals surface area (Å²) in [5, 5.41) is 0. The van der Waals surface area contributed by atoms with E-state index in [0.29, 0.717) is 35.5 Å². The van der Waals surface area contributed by atoms with E-state index in [1.165, 1.54) is 36.7 Å². The van der Waals surface area contributed by atoms with Gasteiger partial charge < -0.3 is 4.90 Å². The molecule has 10 heteroatoms. The van der Waals surface area contributed by atoms with Gasteiger partial charge in [-0.25, -0.2) is 0 Å². The van der Waals surface area contributed by atoms with E-state index in [0.717, 1.165) is 57.6 Å². The van der Waals surface area contributed by atoms with Crippen LogP contribution in [0.2, 0.25) is 0 Å². The molecule has 278 valence electrons. The Hall–Kier alpha value is -6.55. The molecule has 1 aliphatic heterocycles. The van der Waals surface area contributed by atoms with Crippen molar-refractivity contribution < 1.29 is 31.1 Å². The van der Waals surface area contributed by atoms with Gasteiger partial charge in [0.05, 0.1) is 22.5 Å². The van der Waals surface area contributed by atoms with Crippen LogP contribution in [-0.4, -0.2) is 22.4 Å². The SMILES string of the molecule is O=C1CCCN1c1cc(-c2ccc(-c3ccc(-c4ccccc4C(F)(F)F)cn3)cc2)cc(-c2ccc(-c3ccc(-c4ccccc4C(F)(F)F)cn3)cc2)c1. The molecule has 7 aromatic rings. The molecule has 1 saturated heterocycles. The van der Waals surface area contributed by atoms with Crippen LogP contribution < -0.4 is 4.90 Å². The van der Waals surface area contributed by atoms with Crippen LogP contribution in [0, 0.1) is 0 Å². The summed E-state index contributed by atoms with van der Waals surface area (Å²) in [4.78, 5) is 23.6. The number of hydrogen-bond donors (Lipinski definition) is 0. The standard InChI is InChI=1S/C46H31F6N3O/c47-45(48,49)40-8-3-1-6-38(40)33-19-21-42(53-27-33)31-15-11-29(12-16-31)35-24-36(26-37(25-35)55-23-5-10-44(55)56)30-13-17-32(18-14-30)43-22-20-34(28-54-43)39-7-2-4-9-41(39)46(50,51)52/h1-4,6-9,11-22,24-28H,5,10,23H2. The third kappa shape index (κ3) is 7.42. The van der Waals surface area contributed by atoms with E-state index in [-0.39, 0.29) is 17.0 Å². The van der Waals surface area contributed by atoms with Crippen LogP contribution in [0.3, 0.4) is 0 Å². The Morgan fingerprint density at radius 3 is 1.25 bits per heavy atom. The van der Waals surface area contributed by atoms with E-state index in [9.17, 15) is 31.1 Å². The zero-order chi connectivity index (χ0) is 39.0. The predicted molar refractivity (Wildman–Crippen MR) is 206 cm³/mol. The van der Waals surface area contributed by atoms with E-state index < -0.39 is 23.5 Å². The Balaban J connectivity index is 1.06. The lowest BCUT2D eigenvalue weighted by molar-refractivity contribution is -0.137. The van der Waals surface area contributed by atoms with Crippen LogP contribution in [-0.2, 0) is 17.1 Å². The fourth-order valence-corrected chi connectivity index (χ4v) is 7.10. The third-order valence-electron chi connectivity index (χ3n) is 9.94. The fourth-order valence-electron chi connectivity index (χ4n) is 7.10. The van der Waals surface area contributed by atoms with Crippen LogP contribution in [0.15, 0.2) is 152 Å². The molecule has 3 heterocycles. The molecular formula is C46H31F6N3O. The van der Waals surface area contributed by atoms with Gasteiger partial charge in [0, 0.05) is 53.3 Å². The zero-order valence-corrected chi connectivity index (χ0v) is 29.6. The van der Waals surface area contributed by atoms with Crippen molar-refractivity contribution in [2.75, 3.05) is 11.4 Å². The second-order valence-corrected chi connectivity index (χ2v) is 13.5. The second-order valence-electron chi connectivity index (χ2n) is 13.5. The largest absolute Gasteiger partial charge is 0.417 e. The molecule has 0 atom stereocenters. The molecule has 1 fully saturated rings. The smallest absolute Gasteiger partial charge is 0.312 e. The van der Waals surface area contributed by atoms with Crippen LogP contribution in [0.4, 0.5) is 32.0 Å². The van der Waals surface area contributed by atoms with Gasteiger partial charge in [0.2, 0.25) is 5.91 Å². The molecule has 5 aromatic carbocycles. The first-order chi connectivity index (χ1) is 26.9. The van der Waals surface area contributed by atoms with Crippen molar-refractivity contribution in [1.29, 1.82) is 0 Å². The first kappa shape index (κ1) is 36.4. The van der Waals surface area contributed by atoms with Crippen molar-refractivity contribution in [1.82, 2.24) is 9.97 Å². The molecule has 4 nitrogen and oxygen atoms in total. The second kappa shape index (κ2) is 14.6. The predicted octanol–water partition coefficient (Wildman–Crippen LogP) is 12.6. The van der Waals surface area contributed by atoms with E-state index in [4.69, 9.17) is 0 Å². The van der Waals surface area contributed by atoms with Gasteiger partial charge in [-0.1, -0.05) is 97.1 Å². The van der Waals surface area contributed by atoms with Crippen LogP contribution in [0.25, 0.3) is 67.0 Å². The van der Waals surface area contributed by atoms with E-state index >= 15 is 0 Å². The molecule has 0 bridgehead atoms. The monoisotopic (exact) mass is 755 g/mol. The van der Waals surface area contributed by atoms with Gasteiger partial charge in [-0.15, -0.1) is 0 Å². The summed E-state index contributed by atoms with van der Waals surface area (Å²) >= 11 is 0. The number of carbonyl (C=O) groups excluding carboxylic acids is 1. The zero-order valence-electron chi connectivity index (χ0n) is 29.6. The van der Waals surface area contributed by atoms with Gasteiger partial charge in [0.1, 0.15) is 0 Å². The highest BCUT2D eigenvalue weighted by atomic mass is 19.4. The molecule has 0 unspecified atom stereocenters. The number of rotatable bonds is 7. The number of benzene rings is 5. The van der Waals surface area contributed by atoms with Gasteiger partial charge in [-0.2, -0.15) is 26.3 Å². The maximum atomic E-state index is 13.6. The number of halogens is 6. The van der Waals surface area contributed by atoms with Crippen molar-refractivity contribution in [3.8, 4) is 67.0 Å². The topological polar surface area (TPSA) is 46.1 Å². The van der Waals surface area contributed by atoms with Gasteiger partial charge in [-0.3, -0.25) is 14.8 Å². The first-order valence-electron chi connectivity index (χ1n) is 17.8. The summed E-state index contributed by atoms with van der Waals surface area (Å²) < 4.78 is 81.7. The average molecular weight is 756 g/mol. The summed E-state index contributed by atoms with van der Waals surface area (Å²) in [6.45, 7) is 0.615. The molecule has 1 amide bonds. The summed E-state index contributed by atoms with van der Waals surface area (Å²) in [5.41, 5.74) is 6.57. The van der Waals surface area contributed by atoms with Gasteiger partial charge in [0.15, 0.2) is 0 Å². The number of anilines is 1. The molecule has 1 aliphatic rings. The van der Waals surface area contributed by atoms with Crippen molar-refractivity contribution in [3.63, 3.8) is 0 Å². The summed E-state index contributed by atoms with van der Waals surface area (Å²) in [5.74, 6) is 0.0542. The molecule has 0 radical (unpaired) electrons. The lowest BCUT2D eigenvalue weighted by Crippen LogP contribution is -2.23. The Morgan fingerprint density at radius 1 is 0.464 bits per heavy atom. The minimum Gasteiger partial charge on any atom is -0.312 e. The lowest BCUT2D eigenvalue weighted by Gasteiger charge is -2.19. The molecule has 0 spiro atoms. The van der Waals surface area contributed by atoms with Crippen molar-refractivity contribution in [3.05, 3.63) is 163 Å². The number of hydrogen-bond acceptors (Lipinski definition) is 3. The van der Waals surface area contributed by atoms with Crippen LogP contribution in [0.5, 0.6) is 0 Å². The molecule has 0 saturated carbocycles. The molecule has 56 heavy (non-hydrogen) atoms. The number of carbonyl (C=O) groups is 1. The number of alkyl halides is 6. The van der Waals surface area contributed by atoms with Crippen LogP contribution >= 0.6 is 0 Å². The van der Waals surface area contributed by atoms with Crippen LogP contribution in [0.1, 0.15) is 24.0 Å². The lowest BCUT2D eigenvalue weighted by atomic mass is 9.95. The summed E-state index contributed by atoms with van der Waals surface area (Å²) in [7, 11) is 0. The first-order valence-corrected chi connectivity index (χ1v) is 17.8. The molecule has 0 aliphatic carbocycles. The summed E-state index contributed by atoms with van der Waals surface area (Å²) in [6.07, 6.45) is -4.83. The minimum atomic E-state index is -4.49. The van der Waals surface area contributed by atoms with Crippen molar-refractivity contribution in [2.45, 2.75) is 25.2 Å². The molecule has 8 rings (SSSR count).